The summed E-state index contributed by atoms with van der Waals surface area (Å²) < 4.78 is 0. The maximum absolute atomic E-state index is 10.4. The molecule has 0 aliphatic carbocycles. The maximum atomic E-state index is 10.4. The summed E-state index contributed by atoms with van der Waals surface area (Å²) >= 11 is 5.66. The first-order valence-electron chi connectivity index (χ1n) is 2.32. The predicted octanol–water partition coefficient (Wildman–Crippen LogP) is 1.44. The zero-order valence-electron chi connectivity index (χ0n) is 4.46. The van der Waals surface area contributed by atoms with Crippen LogP contribution in [0.4, 0.5) is 0 Å². The van der Waals surface area contributed by atoms with Crippen LogP contribution in [0.15, 0.2) is 0 Å². The van der Waals surface area contributed by atoms with Gasteiger partial charge >= 0.3 is 5.97 Å². The molecular weight excluding hydrogens is 180 g/mol. The Morgan fingerprint density at radius 3 is 2.22 bits per heavy atom. The molecule has 1 heterocycles. The molecule has 0 aromatic carbocycles. The molecule has 0 aromatic heterocycles. The molecule has 0 spiro atoms. The van der Waals surface area contributed by atoms with Crippen molar-refractivity contribution in [3.05, 3.63) is 0 Å². The van der Waals surface area contributed by atoms with Gasteiger partial charge in [-0.05, 0) is 0 Å². The lowest BCUT2D eigenvalue weighted by Gasteiger charge is -2.10. The molecule has 0 amide bonds. The summed E-state index contributed by atoms with van der Waals surface area (Å²) in [7, 11) is 3.03. The van der Waals surface area contributed by atoms with E-state index in [9.17, 15) is 4.79 Å². The molecular formula is C4H5ClO2S2. The van der Waals surface area contributed by atoms with Gasteiger partial charge in [-0.25, -0.2) is 0 Å². The minimum Gasteiger partial charge on any atom is -0.480 e. The molecule has 5 heteroatoms. The second-order valence-electron chi connectivity index (χ2n) is 1.79. The van der Waals surface area contributed by atoms with Gasteiger partial charge in [0, 0.05) is 11.5 Å². The summed E-state index contributed by atoms with van der Waals surface area (Å²) in [6.07, 6.45) is 0. The van der Waals surface area contributed by atoms with E-state index in [1.165, 1.54) is 21.6 Å². The van der Waals surface area contributed by atoms with E-state index in [-0.39, 0.29) is 0 Å². The fourth-order valence-electron chi connectivity index (χ4n) is 0.435. The molecule has 1 saturated heterocycles. The molecule has 1 rings (SSSR count). The third kappa shape index (κ3) is 1.48. The van der Waals surface area contributed by atoms with Gasteiger partial charge < -0.3 is 5.11 Å². The molecule has 0 atom stereocenters. The van der Waals surface area contributed by atoms with E-state index in [2.05, 4.69) is 0 Å². The van der Waals surface area contributed by atoms with Crippen LogP contribution in [-0.2, 0) is 4.79 Å². The molecule has 1 aliphatic heterocycles. The van der Waals surface area contributed by atoms with Crippen LogP contribution in [0.2, 0.25) is 0 Å². The van der Waals surface area contributed by atoms with Crippen molar-refractivity contribution in [3.63, 3.8) is 0 Å². The number of alkyl halides is 1. The fraction of sp³-hybridized carbons (Fsp3) is 0.750. The third-order valence-corrected chi connectivity index (χ3v) is 4.38. The number of rotatable bonds is 1. The van der Waals surface area contributed by atoms with E-state index in [1.54, 1.807) is 0 Å². The first-order valence-corrected chi connectivity index (χ1v) is 5.18. The zero-order valence-corrected chi connectivity index (χ0v) is 6.85. The van der Waals surface area contributed by atoms with E-state index in [0.29, 0.717) is 11.5 Å². The van der Waals surface area contributed by atoms with E-state index >= 15 is 0 Å². The van der Waals surface area contributed by atoms with E-state index in [4.69, 9.17) is 16.7 Å². The highest BCUT2D eigenvalue weighted by molar-refractivity contribution is 8.77. The Morgan fingerprint density at radius 2 is 2.00 bits per heavy atom. The van der Waals surface area contributed by atoms with Crippen LogP contribution in [-0.4, -0.2) is 27.5 Å². The second-order valence-corrected chi connectivity index (χ2v) is 4.98. The van der Waals surface area contributed by atoms with Crippen molar-refractivity contribution in [2.45, 2.75) is 4.87 Å². The van der Waals surface area contributed by atoms with E-state index < -0.39 is 10.8 Å². The molecule has 1 aliphatic rings. The SMILES string of the molecule is O=C(O)C1(Cl)CSSC1. The first-order chi connectivity index (χ1) is 4.15. The van der Waals surface area contributed by atoms with Gasteiger partial charge in [0.25, 0.3) is 0 Å². The van der Waals surface area contributed by atoms with E-state index in [1.807, 2.05) is 0 Å². The molecule has 9 heavy (non-hydrogen) atoms. The second kappa shape index (κ2) is 2.60. The first kappa shape index (κ1) is 7.57. The summed E-state index contributed by atoms with van der Waals surface area (Å²) in [5, 5.41) is 8.51. The number of hydrogen-bond acceptors (Lipinski definition) is 3. The van der Waals surface area contributed by atoms with Crippen LogP contribution in [0.5, 0.6) is 0 Å². The Bertz CT molecular complexity index is 133. The monoisotopic (exact) mass is 184 g/mol. The topological polar surface area (TPSA) is 37.3 Å². The van der Waals surface area contributed by atoms with Crippen molar-refractivity contribution >= 4 is 39.2 Å². The summed E-state index contributed by atoms with van der Waals surface area (Å²) in [6.45, 7) is 0. The lowest BCUT2D eigenvalue weighted by Crippen LogP contribution is -2.34. The number of carboxylic acids is 1. The number of halogens is 1. The lowest BCUT2D eigenvalue weighted by molar-refractivity contribution is -0.138. The fourth-order valence-corrected chi connectivity index (χ4v) is 3.98. The van der Waals surface area contributed by atoms with E-state index in [0.717, 1.165) is 0 Å². The van der Waals surface area contributed by atoms with Crippen molar-refractivity contribution in [2.24, 2.45) is 0 Å². The zero-order chi connectivity index (χ0) is 6.91. The van der Waals surface area contributed by atoms with Gasteiger partial charge in [-0.2, -0.15) is 0 Å². The molecule has 0 unspecified atom stereocenters. The molecule has 0 bridgehead atoms. The Kier molecular flexibility index (Phi) is 2.18. The smallest absolute Gasteiger partial charge is 0.326 e. The minimum absolute atomic E-state index is 0.508. The van der Waals surface area contributed by atoms with Gasteiger partial charge in [-0.15, -0.1) is 11.6 Å². The average Bonchev–Trinajstić information content (AvgIpc) is 2.16. The van der Waals surface area contributed by atoms with Crippen molar-refractivity contribution in [1.29, 1.82) is 0 Å². The number of carbonyl (C=O) groups is 1. The van der Waals surface area contributed by atoms with Crippen LogP contribution in [0.3, 0.4) is 0 Å². The van der Waals surface area contributed by atoms with Gasteiger partial charge in [0.2, 0.25) is 0 Å². The highest BCUT2D eigenvalue weighted by Gasteiger charge is 2.40. The molecule has 0 radical (unpaired) electrons. The van der Waals surface area contributed by atoms with Gasteiger partial charge in [0.15, 0.2) is 4.87 Å². The third-order valence-electron chi connectivity index (χ3n) is 1.04. The highest BCUT2D eigenvalue weighted by Crippen LogP contribution is 2.41. The van der Waals surface area contributed by atoms with Gasteiger partial charge in [0.05, 0.1) is 0 Å². The highest BCUT2D eigenvalue weighted by atomic mass is 35.5. The Balaban J connectivity index is 2.61. The number of aliphatic carboxylic acids is 1. The van der Waals surface area contributed by atoms with Crippen LogP contribution >= 0.6 is 33.2 Å². The lowest BCUT2D eigenvalue weighted by atomic mass is 10.2. The standard InChI is InChI=1S/C4H5ClO2S2/c5-4(3(6)7)1-8-9-2-4/h1-2H2,(H,6,7). The summed E-state index contributed by atoms with van der Waals surface area (Å²) in [4.78, 5) is 9.37. The van der Waals surface area contributed by atoms with Gasteiger partial charge in [-0.1, -0.05) is 21.6 Å². The van der Waals surface area contributed by atoms with Crippen LogP contribution in [0.25, 0.3) is 0 Å². The average molecular weight is 185 g/mol. The number of carboxylic acid groups (broad SMARTS) is 1. The van der Waals surface area contributed by atoms with Crippen molar-refractivity contribution in [1.82, 2.24) is 0 Å². The van der Waals surface area contributed by atoms with Gasteiger partial charge in [0.1, 0.15) is 0 Å². The Morgan fingerprint density at radius 1 is 1.56 bits per heavy atom. The normalized spacial score (nSPS) is 24.1. The van der Waals surface area contributed by atoms with Crippen LogP contribution in [0.1, 0.15) is 0 Å². The molecule has 1 N–H and O–H groups in total. The molecule has 0 saturated carbocycles. The molecule has 0 aromatic rings. The van der Waals surface area contributed by atoms with Crippen LogP contribution in [0, 0.1) is 0 Å². The number of hydrogen-bond donors (Lipinski definition) is 1. The summed E-state index contributed by atoms with van der Waals surface area (Å²) in [5.74, 6) is 0.116. The minimum atomic E-state index is -0.991. The van der Waals surface area contributed by atoms with Crippen molar-refractivity contribution < 1.29 is 9.90 Å². The largest absolute Gasteiger partial charge is 0.480 e. The van der Waals surface area contributed by atoms with Gasteiger partial charge in [-0.3, -0.25) is 4.79 Å². The Hall–Kier alpha value is 0.460. The molecule has 1 fully saturated rings. The quantitative estimate of drug-likeness (QED) is 0.495. The van der Waals surface area contributed by atoms with Crippen molar-refractivity contribution in [3.8, 4) is 0 Å². The predicted molar refractivity (Wildman–Crippen MR) is 41.1 cm³/mol. The van der Waals surface area contributed by atoms with Crippen LogP contribution < -0.4 is 0 Å². The molecule has 52 valence electrons. The Labute approximate surface area is 65.7 Å². The molecule has 2 nitrogen and oxygen atoms in total. The summed E-state index contributed by atoms with van der Waals surface area (Å²) in [5.41, 5.74) is 0. The van der Waals surface area contributed by atoms with Crippen molar-refractivity contribution in [2.75, 3.05) is 11.5 Å². The maximum Gasteiger partial charge on any atom is 0.326 e. The summed E-state index contributed by atoms with van der Waals surface area (Å²) in [6, 6.07) is 0.